The molecule has 4 heteroatoms. The Morgan fingerprint density at radius 3 is 2.23 bits per heavy atom. The second-order valence-corrected chi connectivity index (χ2v) is 2.99. The van der Waals surface area contributed by atoms with Crippen LogP contribution in [-0.4, -0.2) is 30.0 Å². The normalized spacial score (nSPS) is 11.1. The predicted molar refractivity (Wildman–Crippen MR) is 50.6 cm³/mol. The summed E-state index contributed by atoms with van der Waals surface area (Å²) in [4.78, 5) is 11.1. The van der Waals surface area contributed by atoms with E-state index in [0.29, 0.717) is 19.4 Å². The average Bonchev–Trinajstić information content (AvgIpc) is 2.15. The van der Waals surface area contributed by atoms with Crippen LogP contribution in [0.1, 0.15) is 33.6 Å². The molecule has 0 atom stereocenters. The summed E-state index contributed by atoms with van der Waals surface area (Å²) in [5, 5.41) is 11.8. The Labute approximate surface area is 79.3 Å². The highest BCUT2D eigenvalue weighted by Crippen LogP contribution is 2.13. The highest BCUT2D eigenvalue weighted by Gasteiger charge is 2.27. The van der Waals surface area contributed by atoms with Gasteiger partial charge in [-0.1, -0.05) is 13.8 Å². The lowest BCUT2D eigenvalue weighted by Gasteiger charge is -2.29. The fraction of sp³-hybridized carbons (Fsp3) is 0.889. The van der Waals surface area contributed by atoms with Crippen LogP contribution in [0.25, 0.3) is 0 Å². The van der Waals surface area contributed by atoms with Crippen molar-refractivity contribution in [2.24, 2.45) is 0 Å². The molecule has 0 saturated heterocycles. The van der Waals surface area contributed by atoms with Crippen molar-refractivity contribution in [3.05, 3.63) is 0 Å². The van der Waals surface area contributed by atoms with Crippen LogP contribution >= 0.6 is 0 Å². The maximum Gasteiger partial charge on any atom is 0.407 e. The molecule has 0 spiro atoms. The van der Waals surface area contributed by atoms with Crippen LogP contribution in [-0.2, 0) is 4.74 Å². The van der Waals surface area contributed by atoms with Crippen LogP contribution in [0.2, 0.25) is 0 Å². The minimum absolute atomic E-state index is 0.0567. The molecular weight excluding hydrogens is 170 g/mol. The van der Waals surface area contributed by atoms with E-state index in [0.717, 1.165) is 0 Å². The Morgan fingerprint density at radius 2 is 1.92 bits per heavy atom. The number of amides is 1. The van der Waals surface area contributed by atoms with E-state index in [9.17, 15) is 4.79 Å². The number of aliphatic hydroxyl groups is 1. The predicted octanol–water partition coefficient (Wildman–Crippen LogP) is 1.28. The first kappa shape index (κ1) is 12.2. The summed E-state index contributed by atoms with van der Waals surface area (Å²) >= 11 is 0. The van der Waals surface area contributed by atoms with E-state index in [4.69, 9.17) is 9.84 Å². The van der Waals surface area contributed by atoms with Gasteiger partial charge in [0.2, 0.25) is 0 Å². The Kier molecular flexibility index (Phi) is 5.46. The minimum atomic E-state index is -0.522. The van der Waals surface area contributed by atoms with E-state index in [1.807, 2.05) is 13.8 Å². The largest absolute Gasteiger partial charge is 0.450 e. The number of carbonyl (C=O) groups is 1. The number of alkyl carbamates (subject to hydrolysis) is 1. The lowest BCUT2D eigenvalue weighted by Crippen LogP contribution is -2.50. The lowest BCUT2D eigenvalue weighted by atomic mass is 9.94. The fourth-order valence-electron chi connectivity index (χ4n) is 1.07. The zero-order chi connectivity index (χ0) is 10.3. The smallest absolute Gasteiger partial charge is 0.407 e. The second kappa shape index (κ2) is 5.80. The van der Waals surface area contributed by atoms with Gasteiger partial charge in [-0.15, -0.1) is 0 Å². The van der Waals surface area contributed by atoms with Gasteiger partial charge in [0.15, 0.2) is 0 Å². The van der Waals surface area contributed by atoms with Gasteiger partial charge in [-0.05, 0) is 19.8 Å². The molecule has 1 amide bonds. The molecule has 0 fully saturated rings. The Bertz CT molecular complexity index is 147. The Balaban J connectivity index is 4.16. The molecule has 13 heavy (non-hydrogen) atoms. The van der Waals surface area contributed by atoms with Crippen LogP contribution in [0.5, 0.6) is 0 Å². The molecule has 0 saturated carbocycles. The van der Waals surface area contributed by atoms with Gasteiger partial charge >= 0.3 is 6.09 Å². The van der Waals surface area contributed by atoms with Crippen molar-refractivity contribution in [3.8, 4) is 0 Å². The third-order valence-electron chi connectivity index (χ3n) is 2.30. The van der Waals surface area contributed by atoms with Crippen molar-refractivity contribution >= 4 is 6.09 Å². The highest BCUT2D eigenvalue weighted by molar-refractivity contribution is 5.68. The van der Waals surface area contributed by atoms with Gasteiger partial charge in [0.1, 0.15) is 0 Å². The summed E-state index contributed by atoms with van der Waals surface area (Å²) in [5.74, 6) is 0. The molecule has 2 N–H and O–H groups in total. The third kappa shape index (κ3) is 3.63. The molecule has 0 aliphatic carbocycles. The van der Waals surface area contributed by atoms with Gasteiger partial charge in [-0.2, -0.15) is 0 Å². The number of aliphatic hydroxyl groups excluding tert-OH is 1. The van der Waals surface area contributed by atoms with E-state index in [1.54, 1.807) is 6.92 Å². The van der Waals surface area contributed by atoms with E-state index in [1.165, 1.54) is 0 Å². The topological polar surface area (TPSA) is 58.6 Å². The van der Waals surface area contributed by atoms with E-state index in [-0.39, 0.29) is 6.61 Å². The molecule has 0 aromatic carbocycles. The van der Waals surface area contributed by atoms with Gasteiger partial charge in [-0.25, -0.2) is 4.79 Å². The summed E-state index contributed by atoms with van der Waals surface area (Å²) < 4.78 is 4.74. The number of hydrogen-bond acceptors (Lipinski definition) is 3. The monoisotopic (exact) mass is 189 g/mol. The molecule has 0 aliphatic heterocycles. The average molecular weight is 189 g/mol. The van der Waals surface area contributed by atoms with Crippen molar-refractivity contribution < 1.29 is 14.6 Å². The third-order valence-corrected chi connectivity index (χ3v) is 2.30. The summed E-state index contributed by atoms with van der Waals surface area (Å²) in [7, 11) is 0. The number of hydrogen-bond donors (Lipinski definition) is 2. The van der Waals surface area contributed by atoms with Crippen molar-refractivity contribution in [3.63, 3.8) is 0 Å². The molecule has 0 bridgehead atoms. The molecule has 4 nitrogen and oxygen atoms in total. The van der Waals surface area contributed by atoms with Gasteiger partial charge in [0.05, 0.1) is 18.8 Å². The Hall–Kier alpha value is -0.770. The number of nitrogens with one attached hydrogen (secondary N) is 1. The summed E-state index contributed by atoms with van der Waals surface area (Å²) in [6.45, 7) is 5.88. The number of ether oxygens (including phenoxy) is 1. The number of carbonyl (C=O) groups excluding carboxylic acids is 1. The van der Waals surface area contributed by atoms with Gasteiger partial charge in [0, 0.05) is 0 Å². The molecular formula is C9H19NO3. The second-order valence-electron chi connectivity index (χ2n) is 2.99. The van der Waals surface area contributed by atoms with Gasteiger partial charge in [0.25, 0.3) is 0 Å². The number of rotatable bonds is 5. The standard InChI is InChI=1S/C9H19NO3/c1-4-9(5-2,7-11)10-8(12)13-6-3/h11H,4-7H2,1-3H3,(H,10,12). The van der Waals surface area contributed by atoms with Crippen molar-refractivity contribution in [1.29, 1.82) is 0 Å². The maximum absolute atomic E-state index is 11.1. The van der Waals surface area contributed by atoms with Crippen LogP contribution in [0.4, 0.5) is 4.79 Å². The molecule has 0 rings (SSSR count). The quantitative estimate of drug-likeness (QED) is 0.685. The van der Waals surface area contributed by atoms with Crippen LogP contribution < -0.4 is 5.32 Å². The zero-order valence-electron chi connectivity index (χ0n) is 8.59. The maximum atomic E-state index is 11.1. The van der Waals surface area contributed by atoms with Gasteiger partial charge in [-0.3, -0.25) is 0 Å². The summed E-state index contributed by atoms with van der Waals surface area (Å²) in [6.07, 6.45) is 0.928. The first-order valence-electron chi connectivity index (χ1n) is 4.70. The molecule has 0 aromatic heterocycles. The summed E-state index contributed by atoms with van der Waals surface area (Å²) in [6, 6.07) is 0. The molecule has 0 aromatic rings. The first-order chi connectivity index (χ1) is 6.14. The van der Waals surface area contributed by atoms with Crippen LogP contribution in [0.15, 0.2) is 0 Å². The van der Waals surface area contributed by atoms with E-state index >= 15 is 0 Å². The van der Waals surface area contributed by atoms with Crippen molar-refractivity contribution in [1.82, 2.24) is 5.32 Å². The molecule has 0 unspecified atom stereocenters. The Morgan fingerprint density at radius 1 is 1.38 bits per heavy atom. The van der Waals surface area contributed by atoms with Crippen LogP contribution in [0, 0.1) is 0 Å². The molecule has 0 aliphatic rings. The highest BCUT2D eigenvalue weighted by atomic mass is 16.5. The van der Waals surface area contributed by atoms with Crippen molar-refractivity contribution in [2.75, 3.05) is 13.2 Å². The van der Waals surface area contributed by atoms with E-state index in [2.05, 4.69) is 5.32 Å². The molecule has 78 valence electrons. The zero-order valence-corrected chi connectivity index (χ0v) is 8.59. The fourth-order valence-corrected chi connectivity index (χ4v) is 1.07. The lowest BCUT2D eigenvalue weighted by molar-refractivity contribution is 0.110. The van der Waals surface area contributed by atoms with E-state index < -0.39 is 11.6 Å². The SMILES string of the molecule is CCOC(=O)NC(CC)(CC)CO. The molecule has 0 heterocycles. The van der Waals surface area contributed by atoms with Gasteiger partial charge < -0.3 is 15.2 Å². The van der Waals surface area contributed by atoms with Crippen LogP contribution in [0.3, 0.4) is 0 Å². The summed E-state index contributed by atoms with van der Waals surface area (Å²) in [5.41, 5.74) is -0.522. The van der Waals surface area contributed by atoms with Crippen molar-refractivity contribution in [2.45, 2.75) is 39.2 Å². The minimum Gasteiger partial charge on any atom is -0.450 e. The first-order valence-corrected chi connectivity index (χ1v) is 4.70. The molecule has 0 radical (unpaired) electrons.